The van der Waals surface area contributed by atoms with E-state index in [9.17, 15) is 0 Å². The van der Waals surface area contributed by atoms with E-state index in [1.807, 2.05) is 24.4 Å². The lowest BCUT2D eigenvalue weighted by Crippen LogP contribution is -2.39. The summed E-state index contributed by atoms with van der Waals surface area (Å²) in [5.41, 5.74) is 3.18. The molecule has 3 aromatic heterocycles. The fourth-order valence-electron chi connectivity index (χ4n) is 5.03. The number of thiazole rings is 1. The highest BCUT2D eigenvalue weighted by Gasteiger charge is 2.41. The molecule has 4 aromatic rings. The van der Waals surface area contributed by atoms with Crippen LogP contribution in [0.1, 0.15) is 29.9 Å². The van der Waals surface area contributed by atoms with Crippen molar-refractivity contribution in [1.82, 2.24) is 29.7 Å². The number of fused-ring (bicyclic) bond motifs is 1. The molecule has 35 heavy (non-hydrogen) atoms. The number of pyridine rings is 1. The average Bonchev–Trinajstić information content (AvgIpc) is 3.62. The molecule has 0 amide bonds. The molecular formula is C26H28N6OS2. The third-order valence-corrected chi connectivity index (χ3v) is 8.13. The van der Waals surface area contributed by atoms with E-state index in [2.05, 4.69) is 67.3 Å². The molecule has 0 saturated carbocycles. The van der Waals surface area contributed by atoms with Gasteiger partial charge in [0.05, 0.1) is 46.9 Å². The van der Waals surface area contributed by atoms with Crippen LogP contribution in [-0.2, 0) is 4.74 Å². The molecule has 180 valence electrons. The van der Waals surface area contributed by atoms with E-state index in [4.69, 9.17) is 21.9 Å². The van der Waals surface area contributed by atoms with Crippen LogP contribution in [0.15, 0.2) is 67.0 Å². The van der Waals surface area contributed by atoms with Crippen LogP contribution in [0.4, 0.5) is 0 Å². The van der Waals surface area contributed by atoms with Crippen LogP contribution < -0.4 is 5.32 Å². The normalized spacial score (nSPS) is 21.0. The van der Waals surface area contributed by atoms with E-state index in [0.29, 0.717) is 0 Å². The number of hydrogen-bond donors (Lipinski definition) is 1. The van der Waals surface area contributed by atoms with E-state index in [1.54, 1.807) is 11.3 Å². The molecule has 2 fully saturated rings. The van der Waals surface area contributed by atoms with Crippen molar-refractivity contribution in [2.75, 3.05) is 39.4 Å². The molecule has 2 atom stereocenters. The maximum absolute atomic E-state index is 5.88. The minimum Gasteiger partial charge on any atom is -0.379 e. The standard InChI is InChI=1S/C26H28N6OS2/c34-25-29-23(20-8-3-4-11-27-20)24(32(25)14-6-12-30-15-17-33-18-16-30)21-9-5-13-31(21)26-28-19-7-1-2-10-22(19)35-26/h1-5,7-11,13,23-24H,6,12,14-18H2,(H,29,34). The van der Waals surface area contributed by atoms with Gasteiger partial charge in [0.2, 0.25) is 0 Å². The summed E-state index contributed by atoms with van der Waals surface area (Å²) < 4.78 is 8.91. The average molecular weight is 505 g/mol. The Hall–Kier alpha value is -2.85. The lowest BCUT2D eigenvalue weighted by Gasteiger charge is -2.30. The lowest BCUT2D eigenvalue weighted by atomic mass is 10.0. The third kappa shape index (κ3) is 4.56. The zero-order valence-corrected chi connectivity index (χ0v) is 21.0. The Morgan fingerprint density at radius 3 is 2.71 bits per heavy atom. The highest BCUT2D eigenvalue weighted by molar-refractivity contribution is 7.80. The molecule has 1 aromatic carbocycles. The van der Waals surface area contributed by atoms with Gasteiger partial charge in [0.25, 0.3) is 0 Å². The predicted molar refractivity (Wildman–Crippen MR) is 143 cm³/mol. The van der Waals surface area contributed by atoms with Crippen molar-refractivity contribution >= 4 is 38.9 Å². The Morgan fingerprint density at radius 1 is 1.03 bits per heavy atom. The van der Waals surface area contributed by atoms with Gasteiger partial charge in [-0.15, -0.1) is 0 Å². The number of rotatable bonds is 7. The highest BCUT2D eigenvalue weighted by atomic mass is 32.1. The summed E-state index contributed by atoms with van der Waals surface area (Å²) in [6.45, 7) is 5.57. The third-order valence-electron chi connectivity index (χ3n) is 6.75. The van der Waals surface area contributed by atoms with Gasteiger partial charge in [-0.25, -0.2) is 4.98 Å². The van der Waals surface area contributed by atoms with Gasteiger partial charge in [0, 0.05) is 38.6 Å². The fraction of sp³-hybridized carbons (Fsp3) is 0.346. The molecule has 0 radical (unpaired) electrons. The number of nitrogens with zero attached hydrogens (tertiary/aromatic N) is 5. The van der Waals surface area contributed by atoms with Crippen LogP contribution in [0.3, 0.4) is 0 Å². The van der Waals surface area contributed by atoms with Gasteiger partial charge in [-0.1, -0.05) is 29.5 Å². The highest BCUT2D eigenvalue weighted by Crippen LogP contribution is 2.40. The molecule has 0 bridgehead atoms. The first-order valence-electron chi connectivity index (χ1n) is 12.1. The van der Waals surface area contributed by atoms with Crippen molar-refractivity contribution < 1.29 is 4.74 Å². The van der Waals surface area contributed by atoms with Crippen molar-refractivity contribution in [1.29, 1.82) is 0 Å². The monoisotopic (exact) mass is 504 g/mol. The Kier molecular flexibility index (Phi) is 6.47. The van der Waals surface area contributed by atoms with Crippen molar-refractivity contribution in [3.05, 3.63) is 78.4 Å². The van der Waals surface area contributed by atoms with Gasteiger partial charge < -0.3 is 15.0 Å². The van der Waals surface area contributed by atoms with E-state index in [0.717, 1.165) is 67.3 Å². The molecule has 6 rings (SSSR count). The summed E-state index contributed by atoms with van der Waals surface area (Å²) in [4.78, 5) is 14.4. The van der Waals surface area contributed by atoms with Crippen LogP contribution >= 0.6 is 23.6 Å². The number of ether oxygens (including phenoxy) is 1. The summed E-state index contributed by atoms with van der Waals surface area (Å²) in [7, 11) is 0. The number of para-hydroxylation sites is 1. The molecule has 0 aliphatic carbocycles. The van der Waals surface area contributed by atoms with E-state index in [1.165, 1.54) is 10.4 Å². The molecule has 9 heteroatoms. The Morgan fingerprint density at radius 2 is 1.89 bits per heavy atom. The van der Waals surface area contributed by atoms with E-state index in [-0.39, 0.29) is 12.1 Å². The minimum atomic E-state index is -0.0323. The largest absolute Gasteiger partial charge is 0.379 e. The lowest BCUT2D eigenvalue weighted by molar-refractivity contribution is 0.0365. The summed E-state index contributed by atoms with van der Waals surface area (Å²) >= 11 is 7.59. The summed E-state index contributed by atoms with van der Waals surface area (Å²) in [5.74, 6) is 0. The van der Waals surface area contributed by atoms with Crippen LogP contribution in [0.2, 0.25) is 0 Å². The first-order valence-corrected chi connectivity index (χ1v) is 13.3. The Balaban J connectivity index is 1.33. The zero-order valence-electron chi connectivity index (χ0n) is 19.4. The minimum absolute atomic E-state index is 0.0177. The summed E-state index contributed by atoms with van der Waals surface area (Å²) in [5, 5.41) is 5.33. The van der Waals surface area contributed by atoms with Crippen LogP contribution in [0.5, 0.6) is 0 Å². The van der Waals surface area contributed by atoms with Crippen molar-refractivity contribution in [3.8, 4) is 5.13 Å². The number of nitrogens with one attached hydrogen (secondary N) is 1. The topological polar surface area (TPSA) is 58.5 Å². The zero-order chi connectivity index (χ0) is 23.6. The maximum Gasteiger partial charge on any atom is 0.194 e. The quantitative estimate of drug-likeness (QED) is 0.379. The second-order valence-corrected chi connectivity index (χ2v) is 10.3. The SMILES string of the molecule is S=C1NC(c2ccccn2)C(c2cccn2-c2nc3ccccc3s2)N1CCCN1CCOCC1. The Bertz CT molecular complexity index is 1270. The molecular weight excluding hydrogens is 476 g/mol. The molecule has 0 spiro atoms. The molecule has 2 unspecified atom stereocenters. The fourth-order valence-corrected chi connectivity index (χ4v) is 6.33. The van der Waals surface area contributed by atoms with Gasteiger partial charge in [0.15, 0.2) is 10.2 Å². The second-order valence-electron chi connectivity index (χ2n) is 8.89. The molecule has 5 heterocycles. The van der Waals surface area contributed by atoms with Crippen molar-refractivity contribution in [2.45, 2.75) is 18.5 Å². The van der Waals surface area contributed by atoms with Crippen LogP contribution in [0, 0.1) is 0 Å². The maximum atomic E-state index is 5.88. The van der Waals surface area contributed by atoms with Gasteiger partial charge in [0.1, 0.15) is 0 Å². The van der Waals surface area contributed by atoms with Gasteiger partial charge in [-0.05, 0) is 55.0 Å². The van der Waals surface area contributed by atoms with E-state index >= 15 is 0 Å². The number of hydrogen-bond acceptors (Lipinski definition) is 6. The van der Waals surface area contributed by atoms with Crippen molar-refractivity contribution in [3.63, 3.8) is 0 Å². The molecule has 2 saturated heterocycles. The molecule has 2 aliphatic heterocycles. The van der Waals surface area contributed by atoms with E-state index < -0.39 is 0 Å². The molecule has 7 nitrogen and oxygen atoms in total. The second kappa shape index (κ2) is 10.0. The van der Waals surface area contributed by atoms with Gasteiger partial charge in [-0.3, -0.25) is 14.5 Å². The number of thiocarbonyl (C=S) groups is 1. The van der Waals surface area contributed by atoms with Gasteiger partial charge >= 0.3 is 0 Å². The summed E-state index contributed by atoms with van der Waals surface area (Å²) in [6, 6.07) is 18.6. The smallest absolute Gasteiger partial charge is 0.194 e. The van der Waals surface area contributed by atoms with Gasteiger partial charge in [-0.2, -0.15) is 0 Å². The Labute approximate surface area is 214 Å². The summed E-state index contributed by atoms with van der Waals surface area (Å²) in [6.07, 6.45) is 5.00. The number of benzene rings is 1. The first-order chi connectivity index (χ1) is 17.3. The predicted octanol–water partition coefficient (Wildman–Crippen LogP) is 4.18. The number of morpholine rings is 1. The molecule has 1 N–H and O–H groups in total. The first kappa shape index (κ1) is 22.6. The molecule has 2 aliphatic rings. The van der Waals surface area contributed by atoms with Crippen LogP contribution in [0.25, 0.3) is 15.3 Å². The van der Waals surface area contributed by atoms with Crippen LogP contribution in [-0.4, -0.2) is 68.8 Å². The van der Waals surface area contributed by atoms with Crippen molar-refractivity contribution in [2.24, 2.45) is 0 Å². The number of aromatic nitrogens is 3.